The Morgan fingerprint density at radius 1 is 1.26 bits per heavy atom. The number of pyridine rings is 1. The number of nitrogens with one attached hydrogen (secondary N) is 2. The van der Waals surface area contributed by atoms with Gasteiger partial charge >= 0.3 is 6.09 Å². The molecule has 0 aliphatic carbocycles. The van der Waals surface area contributed by atoms with E-state index < -0.39 is 57.2 Å². The van der Waals surface area contributed by atoms with E-state index in [2.05, 4.69) is 20.0 Å². The summed E-state index contributed by atoms with van der Waals surface area (Å²) in [5, 5.41) is 21.3. The number of carbonyl (C=O) groups is 1. The van der Waals surface area contributed by atoms with Gasteiger partial charge in [-0.25, -0.2) is 13.2 Å². The van der Waals surface area contributed by atoms with Crippen molar-refractivity contribution in [3.05, 3.63) is 60.5 Å². The molecule has 1 aromatic heterocycles. The van der Waals surface area contributed by atoms with Crippen LogP contribution in [0.4, 0.5) is 4.79 Å². The summed E-state index contributed by atoms with van der Waals surface area (Å²) in [6, 6.07) is 3.71. The molecule has 2 N–H and O–H groups in total. The van der Waals surface area contributed by atoms with Gasteiger partial charge in [0.05, 0.1) is 4.90 Å². The molecule has 1 aliphatic rings. The van der Waals surface area contributed by atoms with Crippen LogP contribution in [0.25, 0.3) is 10.8 Å². The number of ether oxygens (including phenoxy) is 1. The highest BCUT2D eigenvalue weighted by atomic mass is 32.2. The summed E-state index contributed by atoms with van der Waals surface area (Å²) < 4.78 is 32.7. The van der Waals surface area contributed by atoms with E-state index >= 15 is 0 Å². The molecular weight excluding hydrogens is 494 g/mol. The van der Waals surface area contributed by atoms with Gasteiger partial charge in [-0.2, -0.15) is 4.31 Å². The molecule has 0 bridgehead atoms. The summed E-state index contributed by atoms with van der Waals surface area (Å²) in [6.45, 7) is 0.00303. The first-order chi connectivity index (χ1) is 16.5. The third-order valence-corrected chi connectivity index (χ3v) is 7.09. The maximum absolute atomic E-state index is 13.3. The van der Waals surface area contributed by atoms with Crippen molar-refractivity contribution in [2.24, 2.45) is 0 Å². The first-order valence-corrected chi connectivity index (χ1v) is 11.6. The Morgan fingerprint density at radius 2 is 1.91 bits per heavy atom. The van der Waals surface area contributed by atoms with E-state index in [-0.39, 0.29) is 29.8 Å². The Balaban J connectivity index is 1.68. The molecular formula is C18H21N5O11S. The molecule has 2 aromatic rings. The zero-order chi connectivity index (χ0) is 25.8. The van der Waals surface area contributed by atoms with Gasteiger partial charge in [-0.3, -0.25) is 4.79 Å². The van der Waals surface area contributed by atoms with Crippen molar-refractivity contribution in [2.45, 2.75) is 30.4 Å². The zero-order valence-corrected chi connectivity index (χ0v) is 19.1. The van der Waals surface area contributed by atoms with E-state index in [1.54, 1.807) is 6.92 Å². The minimum atomic E-state index is -4.03. The first kappa shape index (κ1) is 25.6. The molecule has 0 unspecified atom stereocenters. The third kappa shape index (κ3) is 6.12. The number of alkyl carbamates (subject to hydrolysis) is 1. The van der Waals surface area contributed by atoms with Crippen molar-refractivity contribution in [3.63, 3.8) is 0 Å². The van der Waals surface area contributed by atoms with Gasteiger partial charge in [0.1, 0.15) is 13.2 Å². The van der Waals surface area contributed by atoms with E-state index in [4.69, 9.17) is 4.74 Å². The average molecular weight is 515 g/mol. The van der Waals surface area contributed by atoms with Gasteiger partial charge in [0.2, 0.25) is 10.0 Å². The molecule has 3 rings (SSSR count). The molecule has 1 fully saturated rings. The van der Waals surface area contributed by atoms with Crippen LogP contribution in [-0.4, -0.2) is 72.4 Å². The molecule has 1 saturated heterocycles. The number of hydrogen-bond donors (Lipinski definition) is 2. The number of carbonyl (C=O) groups excluding carboxylic acids is 1. The predicted molar refractivity (Wildman–Crippen MR) is 116 cm³/mol. The molecule has 190 valence electrons. The maximum Gasteiger partial charge on any atom is 0.407 e. The number of aromatic amines is 1. The van der Waals surface area contributed by atoms with Crippen LogP contribution in [0.15, 0.2) is 34.1 Å². The Hall–Kier alpha value is -3.99. The lowest BCUT2D eigenvalue weighted by Crippen LogP contribution is -2.41. The van der Waals surface area contributed by atoms with Gasteiger partial charge in [0.15, 0.2) is 6.10 Å². The summed E-state index contributed by atoms with van der Waals surface area (Å²) in [5.74, 6) is 0. The smallest absolute Gasteiger partial charge is 0.407 e. The summed E-state index contributed by atoms with van der Waals surface area (Å²) in [7, 11) is -4.03. The normalized spacial score (nSPS) is 16.2. The van der Waals surface area contributed by atoms with Crippen molar-refractivity contribution < 1.29 is 37.8 Å². The number of benzene rings is 1. The predicted octanol–water partition coefficient (Wildman–Crippen LogP) is 0.111. The molecule has 1 aliphatic heterocycles. The maximum atomic E-state index is 13.3. The van der Waals surface area contributed by atoms with Crippen LogP contribution >= 0.6 is 0 Å². The highest BCUT2D eigenvalue weighted by Gasteiger charge is 2.35. The van der Waals surface area contributed by atoms with Crippen LogP contribution in [0.2, 0.25) is 0 Å². The molecule has 17 heteroatoms. The third-order valence-electron chi connectivity index (χ3n) is 5.18. The Labute approximate surface area is 197 Å². The van der Waals surface area contributed by atoms with Gasteiger partial charge < -0.3 is 24.7 Å². The first-order valence-electron chi connectivity index (χ1n) is 10.1. The SMILES string of the molecule is Cc1c[nH]c(=O)c2cccc(S(=O)(=O)N3CC[C@H](NC(=O)OC(CO[N+](=O)[O-])CO[N+](=O)[O-])C3)c12. The number of aromatic nitrogens is 1. The van der Waals surface area contributed by atoms with Gasteiger partial charge in [-0.1, -0.05) is 6.07 Å². The lowest BCUT2D eigenvalue weighted by molar-refractivity contribution is -0.768. The summed E-state index contributed by atoms with van der Waals surface area (Å²) >= 11 is 0. The van der Waals surface area contributed by atoms with Crippen LogP contribution < -0.4 is 10.9 Å². The van der Waals surface area contributed by atoms with Crippen molar-refractivity contribution in [1.82, 2.24) is 14.6 Å². The van der Waals surface area contributed by atoms with E-state index in [0.29, 0.717) is 10.9 Å². The molecule has 0 saturated carbocycles. The Kier molecular flexibility index (Phi) is 7.70. The number of hydrogen-bond acceptors (Lipinski definition) is 11. The van der Waals surface area contributed by atoms with E-state index in [1.807, 2.05) is 0 Å². The van der Waals surface area contributed by atoms with Crippen LogP contribution in [-0.2, 0) is 24.4 Å². The van der Waals surface area contributed by atoms with Crippen LogP contribution in [0, 0.1) is 27.2 Å². The van der Waals surface area contributed by atoms with E-state index in [9.17, 15) is 38.2 Å². The van der Waals surface area contributed by atoms with E-state index in [1.165, 1.54) is 24.4 Å². The number of nitrogens with zero attached hydrogens (tertiary/aromatic N) is 3. The molecule has 2 heterocycles. The number of fused-ring (bicyclic) bond motifs is 1. The molecule has 1 atom stereocenters. The van der Waals surface area contributed by atoms with Crippen molar-refractivity contribution in [1.29, 1.82) is 0 Å². The van der Waals surface area contributed by atoms with Gasteiger partial charge in [-0.15, -0.1) is 20.2 Å². The van der Waals surface area contributed by atoms with Gasteiger partial charge in [0.25, 0.3) is 15.7 Å². The largest absolute Gasteiger partial charge is 0.442 e. The van der Waals surface area contributed by atoms with Crippen molar-refractivity contribution in [2.75, 3.05) is 26.3 Å². The molecule has 0 spiro atoms. The standard InChI is InChI=1S/C18H21N5O11S/c1-11-7-19-17(24)14-3-2-4-15(16(11)14)35(30,31)21-6-5-12(8-21)20-18(25)34-13(9-32-22(26)27)10-33-23(28)29/h2-4,7,12-13H,5-6,8-10H2,1H3,(H,19,24)(H,20,25)/t12-/m0/s1. The fourth-order valence-electron chi connectivity index (χ4n) is 3.63. The highest BCUT2D eigenvalue weighted by Crippen LogP contribution is 2.28. The second kappa shape index (κ2) is 10.5. The second-order valence-corrected chi connectivity index (χ2v) is 9.44. The number of amides is 1. The summed E-state index contributed by atoms with van der Waals surface area (Å²) in [4.78, 5) is 55.7. The fraction of sp³-hybridized carbons (Fsp3) is 0.444. The van der Waals surface area contributed by atoms with Crippen LogP contribution in [0.1, 0.15) is 12.0 Å². The molecule has 35 heavy (non-hydrogen) atoms. The molecule has 1 amide bonds. The minimum absolute atomic E-state index is 0.0456. The van der Waals surface area contributed by atoms with E-state index in [0.717, 1.165) is 4.31 Å². The highest BCUT2D eigenvalue weighted by molar-refractivity contribution is 7.89. The Bertz CT molecular complexity index is 1280. The number of aryl methyl sites for hydroxylation is 1. The zero-order valence-electron chi connectivity index (χ0n) is 18.2. The fourth-order valence-corrected chi connectivity index (χ4v) is 5.40. The number of rotatable bonds is 10. The average Bonchev–Trinajstić information content (AvgIpc) is 3.27. The molecule has 0 radical (unpaired) electrons. The minimum Gasteiger partial charge on any atom is -0.442 e. The quantitative estimate of drug-likeness (QED) is 0.320. The molecule has 16 nitrogen and oxygen atoms in total. The van der Waals surface area contributed by atoms with Crippen LogP contribution in [0.3, 0.4) is 0 Å². The summed E-state index contributed by atoms with van der Waals surface area (Å²) in [5.41, 5.74) is 0.138. The monoisotopic (exact) mass is 515 g/mol. The van der Waals surface area contributed by atoms with Gasteiger partial charge in [0, 0.05) is 36.1 Å². The summed E-state index contributed by atoms with van der Waals surface area (Å²) in [6.07, 6.45) is -0.912. The topological polar surface area (TPSA) is 213 Å². The van der Waals surface area contributed by atoms with Crippen molar-refractivity contribution >= 4 is 26.9 Å². The Morgan fingerprint density at radius 3 is 2.54 bits per heavy atom. The second-order valence-electron chi connectivity index (χ2n) is 7.54. The number of sulfonamides is 1. The van der Waals surface area contributed by atoms with Gasteiger partial charge in [-0.05, 0) is 31.0 Å². The van der Waals surface area contributed by atoms with Crippen LogP contribution in [0.5, 0.6) is 0 Å². The van der Waals surface area contributed by atoms with Crippen molar-refractivity contribution in [3.8, 4) is 0 Å². The lowest BCUT2D eigenvalue weighted by atomic mass is 10.1. The molecule has 1 aromatic carbocycles. The lowest BCUT2D eigenvalue weighted by Gasteiger charge is -2.20. The number of H-pyrrole nitrogens is 1.